The van der Waals surface area contributed by atoms with Gasteiger partial charge in [0.05, 0.1) is 12.1 Å². The van der Waals surface area contributed by atoms with E-state index in [1.807, 2.05) is 12.1 Å². The molecule has 96 valence electrons. The number of aliphatic carboxylic acids is 1. The van der Waals surface area contributed by atoms with E-state index in [0.717, 1.165) is 16.5 Å². The van der Waals surface area contributed by atoms with Gasteiger partial charge < -0.3 is 10.1 Å². The Balaban J connectivity index is 2.24. The largest absolute Gasteiger partial charge is 0.481 e. The van der Waals surface area contributed by atoms with Gasteiger partial charge in [-0.15, -0.1) is 0 Å². The second-order valence-electron chi connectivity index (χ2n) is 4.38. The summed E-state index contributed by atoms with van der Waals surface area (Å²) in [6.45, 7) is 1.65. The van der Waals surface area contributed by atoms with Gasteiger partial charge in [0.15, 0.2) is 5.65 Å². The maximum atomic E-state index is 11.0. The number of nitrogens with one attached hydrogen (secondary N) is 1. The fraction of sp³-hybridized carbons (Fsp3) is 0.154. The molecule has 19 heavy (non-hydrogen) atoms. The van der Waals surface area contributed by atoms with Gasteiger partial charge in [-0.05, 0) is 18.6 Å². The molecule has 1 atom stereocenters. The van der Waals surface area contributed by atoms with Crippen LogP contribution in [0.3, 0.4) is 0 Å². The zero-order valence-corrected chi connectivity index (χ0v) is 10.8. The average Bonchev–Trinajstić information content (AvgIpc) is 2.74. The molecule has 0 fully saturated rings. The Morgan fingerprint density at radius 3 is 3.00 bits per heavy atom. The highest BCUT2D eigenvalue weighted by molar-refractivity contribution is 6.29. The molecule has 0 saturated heterocycles. The van der Waals surface area contributed by atoms with Crippen LogP contribution in [-0.4, -0.2) is 26.0 Å². The summed E-state index contributed by atoms with van der Waals surface area (Å²) in [5.41, 5.74) is 2.87. The summed E-state index contributed by atoms with van der Waals surface area (Å²) < 4.78 is 0. The second kappa shape index (κ2) is 4.20. The first kappa shape index (κ1) is 11.9. The molecule has 2 heterocycles. The number of benzene rings is 1. The van der Waals surface area contributed by atoms with Gasteiger partial charge in [-0.2, -0.15) is 0 Å². The van der Waals surface area contributed by atoms with Crippen molar-refractivity contribution >= 4 is 39.6 Å². The topological polar surface area (TPSA) is 78.9 Å². The van der Waals surface area contributed by atoms with Gasteiger partial charge in [0.25, 0.3) is 0 Å². The summed E-state index contributed by atoms with van der Waals surface area (Å²) in [7, 11) is 0. The lowest BCUT2D eigenvalue weighted by atomic mass is 10.0. The average molecular weight is 276 g/mol. The van der Waals surface area contributed by atoms with Crippen molar-refractivity contribution in [3.8, 4) is 0 Å². The Kier molecular flexibility index (Phi) is 2.64. The number of hydrogen-bond donors (Lipinski definition) is 2. The summed E-state index contributed by atoms with van der Waals surface area (Å²) >= 11 is 5.83. The molecule has 2 aromatic heterocycles. The molecule has 2 N–H and O–H groups in total. The van der Waals surface area contributed by atoms with Crippen LogP contribution in [0.1, 0.15) is 18.4 Å². The van der Waals surface area contributed by atoms with Crippen molar-refractivity contribution in [3.63, 3.8) is 0 Å². The standard InChI is InChI=1S/C13H10ClN3O2/c1-6(13(18)19)7-2-3-8-9(4-7)16-12-11(8)17-10(14)5-15-12/h2-6H,1H3,(H,15,16)(H,18,19)/t6-/m0/s1. The molecule has 0 aliphatic heterocycles. The molecule has 3 aromatic rings. The highest BCUT2D eigenvalue weighted by Gasteiger charge is 2.15. The van der Waals surface area contributed by atoms with Crippen LogP contribution in [0, 0.1) is 0 Å². The number of aromatic nitrogens is 3. The third kappa shape index (κ3) is 1.92. The van der Waals surface area contributed by atoms with E-state index < -0.39 is 11.9 Å². The van der Waals surface area contributed by atoms with Crippen LogP contribution >= 0.6 is 11.6 Å². The van der Waals surface area contributed by atoms with Gasteiger partial charge in [-0.1, -0.05) is 23.7 Å². The Labute approximate surface area is 113 Å². The van der Waals surface area contributed by atoms with Crippen molar-refractivity contribution in [2.24, 2.45) is 0 Å². The SMILES string of the molecule is C[C@H](C(=O)O)c1ccc2c(c1)[nH]c1ncc(Cl)nc12. The van der Waals surface area contributed by atoms with E-state index in [0.29, 0.717) is 16.3 Å². The molecule has 0 saturated carbocycles. The molecule has 6 heteroatoms. The van der Waals surface area contributed by atoms with E-state index in [4.69, 9.17) is 16.7 Å². The molecule has 0 spiro atoms. The van der Waals surface area contributed by atoms with Crippen molar-refractivity contribution in [1.29, 1.82) is 0 Å². The third-order valence-electron chi connectivity index (χ3n) is 3.17. The number of H-pyrrole nitrogens is 1. The van der Waals surface area contributed by atoms with Crippen LogP contribution in [0.25, 0.3) is 22.1 Å². The second-order valence-corrected chi connectivity index (χ2v) is 4.77. The Bertz CT molecular complexity index is 797. The Hall–Kier alpha value is -2.14. The lowest BCUT2D eigenvalue weighted by Crippen LogP contribution is -2.06. The number of carboxylic acid groups (broad SMARTS) is 1. The van der Waals surface area contributed by atoms with Gasteiger partial charge in [-0.3, -0.25) is 4.79 Å². The van der Waals surface area contributed by atoms with Crippen molar-refractivity contribution in [3.05, 3.63) is 35.1 Å². The van der Waals surface area contributed by atoms with Crippen LogP contribution in [0.2, 0.25) is 5.15 Å². The van der Waals surface area contributed by atoms with Gasteiger partial charge in [-0.25, -0.2) is 9.97 Å². The summed E-state index contributed by atoms with van der Waals surface area (Å²) in [6, 6.07) is 5.44. The molecule has 0 unspecified atom stereocenters. The maximum absolute atomic E-state index is 11.0. The summed E-state index contributed by atoms with van der Waals surface area (Å²) in [6.07, 6.45) is 1.47. The number of halogens is 1. The fourth-order valence-corrected chi connectivity index (χ4v) is 2.19. The van der Waals surface area contributed by atoms with Crippen molar-refractivity contribution in [1.82, 2.24) is 15.0 Å². The maximum Gasteiger partial charge on any atom is 0.310 e. The molecular weight excluding hydrogens is 266 g/mol. The molecule has 0 aliphatic carbocycles. The molecule has 0 aliphatic rings. The minimum absolute atomic E-state index is 0.330. The summed E-state index contributed by atoms with van der Waals surface area (Å²) in [5.74, 6) is -1.41. The zero-order valence-electron chi connectivity index (χ0n) is 10.0. The number of fused-ring (bicyclic) bond motifs is 3. The predicted molar refractivity (Wildman–Crippen MR) is 72.5 cm³/mol. The highest BCUT2D eigenvalue weighted by Crippen LogP contribution is 2.27. The minimum Gasteiger partial charge on any atom is -0.481 e. The monoisotopic (exact) mass is 275 g/mol. The normalized spacial score (nSPS) is 12.9. The third-order valence-corrected chi connectivity index (χ3v) is 3.35. The number of rotatable bonds is 2. The Morgan fingerprint density at radius 2 is 2.26 bits per heavy atom. The van der Waals surface area contributed by atoms with Crippen LogP contribution in [-0.2, 0) is 4.79 Å². The smallest absolute Gasteiger partial charge is 0.310 e. The molecule has 0 amide bonds. The molecule has 3 rings (SSSR count). The molecule has 1 aromatic carbocycles. The quantitative estimate of drug-likeness (QED) is 0.754. The van der Waals surface area contributed by atoms with Crippen LogP contribution in [0.15, 0.2) is 24.4 Å². The summed E-state index contributed by atoms with van der Waals surface area (Å²) in [4.78, 5) is 22.5. The number of carbonyl (C=O) groups is 1. The highest BCUT2D eigenvalue weighted by atomic mass is 35.5. The van der Waals surface area contributed by atoms with E-state index in [9.17, 15) is 4.79 Å². The van der Waals surface area contributed by atoms with E-state index in [1.54, 1.807) is 13.0 Å². The minimum atomic E-state index is -0.852. The number of carboxylic acids is 1. The number of nitrogens with zero attached hydrogens (tertiary/aromatic N) is 2. The van der Waals surface area contributed by atoms with Gasteiger partial charge in [0.2, 0.25) is 0 Å². The van der Waals surface area contributed by atoms with Crippen LogP contribution in [0.5, 0.6) is 0 Å². The van der Waals surface area contributed by atoms with Crippen molar-refractivity contribution in [2.75, 3.05) is 0 Å². The number of hydrogen-bond acceptors (Lipinski definition) is 3. The first-order valence-electron chi connectivity index (χ1n) is 5.73. The van der Waals surface area contributed by atoms with E-state index in [1.165, 1.54) is 6.20 Å². The Morgan fingerprint density at radius 1 is 1.47 bits per heavy atom. The first-order chi connectivity index (χ1) is 9.06. The molecule has 0 bridgehead atoms. The van der Waals surface area contributed by atoms with Gasteiger partial charge in [0, 0.05) is 10.9 Å². The first-order valence-corrected chi connectivity index (χ1v) is 6.11. The van der Waals surface area contributed by atoms with E-state index in [-0.39, 0.29) is 0 Å². The lowest BCUT2D eigenvalue weighted by molar-refractivity contribution is -0.138. The molecular formula is C13H10ClN3O2. The zero-order chi connectivity index (χ0) is 13.6. The predicted octanol–water partition coefficient (Wildman–Crippen LogP) is 2.95. The molecule has 5 nitrogen and oxygen atoms in total. The fourth-order valence-electron chi connectivity index (χ4n) is 2.06. The number of aromatic amines is 1. The van der Waals surface area contributed by atoms with E-state index >= 15 is 0 Å². The lowest BCUT2D eigenvalue weighted by Gasteiger charge is -2.05. The van der Waals surface area contributed by atoms with Crippen molar-refractivity contribution < 1.29 is 9.90 Å². The summed E-state index contributed by atoms with van der Waals surface area (Å²) in [5, 5.41) is 10.2. The molecule has 0 radical (unpaired) electrons. The van der Waals surface area contributed by atoms with Gasteiger partial charge >= 0.3 is 5.97 Å². The van der Waals surface area contributed by atoms with Crippen molar-refractivity contribution in [2.45, 2.75) is 12.8 Å². The van der Waals surface area contributed by atoms with Gasteiger partial charge in [0.1, 0.15) is 10.7 Å². The van der Waals surface area contributed by atoms with Crippen LogP contribution < -0.4 is 0 Å². The van der Waals surface area contributed by atoms with E-state index in [2.05, 4.69) is 15.0 Å². The van der Waals surface area contributed by atoms with Crippen LogP contribution in [0.4, 0.5) is 0 Å².